The van der Waals surface area contributed by atoms with Crippen molar-refractivity contribution in [2.45, 2.75) is 19.3 Å². The number of hydrogen-bond acceptors (Lipinski definition) is 4. The second-order valence-electron chi connectivity index (χ2n) is 3.92. The number of amides is 1. The molecule has 5 heteroatoms. The summed E-state index contributed by atoms with van der Waals surface area (Å²) in [6, 6.07) is 0. The SMILES string of the molecule is NCC1(C(=O)NCCc2nccs2)CC1. The van der Waals surface area contributed by atoms with Crippen LogP contribution in [0, 0.1) is 5.41 Å². The minimum atomic E-state index is -0.233. The first-order valence-electron chi connectivity index (χ1n) is 5.14. The monoisotopic (exact) mass is 225 g/mol. The fourth-order valence-corrected chi connectivity index (χ4v) is 2.14. The van der Waals surface area contributed by atoms with Crippen LogP contribution in [0.2, 0.25) is 0 Å². The highest BCUT2D eigenvalue weighted by molar-refractivity contribution is 7.09. The topological polar surface area (TPSA) is 68.0 Å². The van der Waals surface area contributed by atoms with E-state index in [0.717, 1.165) is 24.3 Å². The van der Waals surface area contributed by atoms with Crippen LogP contribution in [0.15, 0.2) is 11.6 Å². The van der Waals surface area contributed by atoms with E-state index in [1.165, 1.54) is 0 Å². The van der Waals surface area contributed by atoms with Crippen molar-refractivity contribution < 1.29 is 4.79 Å². The van der Waals surface area contributed by atoms with Gasteiger partial charge in [0.15, 0.2) is 0 Å². The molecule has 0 radical (unpaired) electrons. The molecule has 82 valence electrons. The summed E-state index contributed by atoms with van der Waals surface area (Å²) in [6.45, 7) is 1.13. The van der Waals surface area contributed by atoms with Gasteiger partial charge in [-0.05, 0) is 12.8 Å². The smallest absolute Gasteiger partial charge is 0.227 e. The van der Waals surface area contributed by atoms with Crippen LogP contribution in [0.3, 0.4) is 0 Å². The molecule has 0 aromatic carbocycles. The molecule has 1 saturated carbocycles. The molecule has 0 bridgehead atoms. The molecule has 0 atom stereocenters. The van der Waals surface area contributed by atoms with E-state index in [-0.39, 0.29) is 11.3 Å². The Morgan fingerprint density at radius 2 is 2.47 bits per heavy atom. The second-order valence-corrected chi connectivity index (χ2v) is 4.90. The zero-order valence-electron chi connectivity index (χ0n) is 8.53. The fourth-order valence-electron chi connectivity index (χ4n) is 1.52. The molecule has 1 aliphatic rings. The van der Waals surface area contributed by atoms with Crippen LogP contribution < -0.4 is 11.1 Å². The standard InChI is InChI=1S/C10H15N3OS/c11-7-10(2-3-10)9(14)13-4-1-8-12-5-6-15-8/h5-6H,1-4,7,11H2,(H,13,14). The maximum atomic E-state index is 11.7. The number of nitrogens with zero attached hydrogens (tertiary/aromatic N) is 1. The van der Waals surface area contributed by atoms with Crippen LogP contribution in [0.4, 0.5) is 0 Å². The van der Waals surface area contributed by atoms with Crippen molar-refractivity contribution in [3.8, 4) is 0 Å². The van der Waals surface area contributed by atoms with Crippen LogP contribution in [-0.4, -0.2) is 24.0 Å². The number of hydrogen-bond donors (Lipinski definition) is 2. The third-order valence-corrected chi connectivity index (χ3v) is 3.67. The van der Waals surface area contributed by atoms with Gasteiger partial charge in [-0.15, -0.1) is 11.3 Å². The first-order chi connectivity index (χ1) is 7.27. The molecule has 4 nitrogen and oxygen atoms in total. The lowest BCUT2D eigenvalue weighted by atomic mass is 10.1. The van der Waals surface area contributed by atoms with Gasteiger partial charge in [-0.3, -0.25) is 4.79 Å². The number of carbonyl (C=O) groups is 1. The molecular formula is C10H15N3OS. The molecule has 0 aliphatic heterocycles. The number of rotatable bonds is 5. The lowest BCUT2D eigenvalue weighted by Crippen LogP contribution is -2.37. The van der Waals surface area contributed by atoms with E-state index in [9.17, 15) is 4.79 Å². The average Bonchev–Trinajstić information content (AvgIpc) is 2.90. The van der Waals surface area contributed by atoms with E-state index < -0.39 is 0 Å². The molecule has 1 heterocycles. The number of nitrogens with two attached hydrogens (primary N) is 1. The quantitative estimate of drug-likeness (QED) is 0.768. The Bertz CT molecular complexity index is 332. The summed E-state index contributed by atoms with van der Waals surface area (Å²) in [6.07, 6.45) is 4.47. The zero-order chi connectivity index (χ0) is 10.7. The Morgan fingerprint density at radius 1 is 1.67 bits per heavy atom. The summed E-state index contributed by atoms with van der Waals surface area (Å²) in [4.78, 5) is 15.8. The molecule has 0 spiro atoms. The highest BCUT2D eigenvalue weighted by Crippen LogP contribution is 2.44. The maximum Gasteiger partial charge on any atom is 0.227 e. The molecule has 2 rings (SSSR count). The molecule has 0 saturated heterocycles. The van der Waals surface area contributed by atoms with Gasteiger partial charge in [-0.2, -0.15) is 0 Å². The van der Waals surface area contributed by atoms with Crippen molar-refractivity contribution >= 4 is 17.2 Å². The lowest BCUT2D eigenvalue weighted by molar-refractivity contribution is -0.125. The van der Waals surface area contributed by atoms with Gasteiger partial charge in [0.05, 0.1) is 10.4 Å². The first kappa shape index (κ1) is 10.6. The van der Waals surface area contributed by atoms with Crippen LogP contribution in [0.25, 0.3) is 0 Å². The van der Waals surface area contributed by atoms with Gasteiger partial charge in [0.1, 0.15) is 0 Å². The highest BCUT2D eigenvalue weighted by atomic mass is 32.1. The minimum Gasteiger partial charge on any atom is -0.355 e. The van der Waals surface area contributed by atoms with Crippen molar-refractivity contribution in [1.29, 1.82) is 0 Å². The van der Waals surface area contributed by atoms with Crippen molar-refractivity contribution in [3.05, 3.63) is 16.6 Å². The number of thiazole rings is 1. The van der Waals surface area contributed by atoms with Crippen LogP contribution in [0.5, 0.6) is 0 Å². The van der Waals surface area contributed by atoms with E-state index >= 15 is 0 Å². The Kier molecular flexibility index (Phi) is 3.02. The summed E-state index contributed by atoms with van der Waals surface area (Å²) in [5.74, 6) is 0.113. The van der Waals surface area contributed by atoms with E-state index in [4.69, 9.17) is 5.73 Å². The first-order valence-corrected chi connectivity index (χ1v) is 6.01. The largest absolute Gasteiger partial charge is 0.355 e. The van der Waals surface area contributed by atoms with E-state index in [2.05, 4.69) is 10.3 Å². The Labute approximate surface area is 92.9 Å². The number of carbonyl (C=O) groups excluding carboxylic acids is 1. The summed E-state index contributed by atoms with van der Waals surface area (Å²) >= 11 is 1.62. The second kappa shape index (κ2) is 4.28. The van der Waals surface area contributed by atoms with E-state index in [1.807, 2.05) is 5.38 Å². The highest BCUT2D eigenvalue weighted by Gasteiger charge is 2.48. The van der Waals surface area contributed by atoms with Gasteiger partial charge in [0.25, 0.3) is 0 Å². The Hall–Kier alpha value is -0.940. The normalized spacial score (nSPS) is 17.4. The third kappa shape index (κ3) is 2.35. The molecular weight excluding hydrogens is 210 g/mol. The number of aromatic nitrogens is 1. The van der Waals surface area contributed by atoms with Crippen molar-refractivity contribution in [1.82, 2.24) is 10.3 Å². The maximum absolute atomic E-state index is 11.7. The summed E-state index contributed by atoms with van der Waals surface area (Å²) in [5.41, 5.74) is 5.33. The van der Waals surface area contributed by atoms with Gasteiger partial charge < -0.3 is 11.1 Å². The molecule has 1 aromatic heterocycles. The predicted molar refractivity (Wildman–Crippen MR) is 59.5 cm³/mol. The predicted octanol–water partition coefficient (Wildman–Crippen LogP) is 0.541. The fraction of sp³-hybridized carbons (Fsp3) is 0.600. The Morgan fingerprint density at radius 3 is 3.00 bits per heavy atom. The molecule has 1 amide bonds. The van der Waals surface area contributed by atoms with Gasteiger partial charge in [0.2, 0.25) is 5.91 Å². The Balaban J connectivity index is 1.72. The van der Waals surface area contributed by atoms with E-state index in [0.29, 0.717) is 13.1 Å². The third-order valence-electron chi connectivity index (χ3n) is 2.83. The zero-order valence-corrected chi connectivity index (χ0v) is 9.35. The van der Waals surface area contributed by atoms with Crippen molar-refractivity contribution in [3.63, 3.8) is 0 Å². The lowest BCUT2D eigenvalue weighted by Gasteiger charge is -2.11. The van der Waals surface area contributed by atoms with Crippen molar-refractivity contribution in [2.75, 3.05) is 13.1 Å². The number of nitrogens with one attached hydrogen (secondary N) is 1. The molecule has 1 fully saturated rings. The van der Waals surface area contributed by atoms with Crippen LogP contribution in [0.1, 0.15) is 17.8 Å². The molecule has 0 unspecified atom stereocenters. The van der Waals surface area contributed by atoms with Gasteiger partial charge in [0, 0.05) is 31.1 Å². The molecule has 3 N–H and O–H groups in total. The van der Waals surface area contributed by atoms with Gasteiger partial charge >= 0.3 is 0 Å². The van der Waals surface area contributed by atoms with Crippen molar-refractivity contribution in [2.24, 2.45) is 11.1 Å². The summed E-state index contributed by atoms with van der Waals surface area (Å²) in [7, 11) is 0. The molecule has 1 aromatic rings. The molecule has 1 aliphatic carbocycles. The van der Waals surface area contributed by atoms with Crippen LogP contribution >= 0.6 is 11.3 Å². The average molecular weight is 225 g/mol. The minimum absolute atomic E-state index is 0.113. The summed E-state index contributed by atoms with van der Waals surface area (Å²) in [5, 5.41) is 5.93. The van der Waals surface area contributed by atoms with E-state index in [1.54, 1.807) is 17.5 Å². The van der Waals surface area contributed by atoms with Crippen LogP contribution in [-0.2, 0) is 11.2 Å². The summed E-state index contributed by atoms with van der Waals surface area (Å²) < 4.78 is 0. The van der Waals surface area contributed by atoms with Gasteiger partial charge in [-0.1, -0.05) is 0 Å². The molecule has 15 heavy (non-hydrogen) atoms. The van der Waals surface area contributed by atoms with Gasteiger partial charge in [-0.25, -0.2) is 4.98 Å².